The largest absolute Gasteiger partial charge is 0.378 e. The highest BCUT2D eigenvalue weighted by molar-refractivity contribution is 6.33. The fraction of sp³-hybridized carbons (Fsp3) is 0.217. The van der Waals surface area contributed by atoms with Gasteiger partial charge in [0, 0.05) is 49.6 Å². The van der Waals surface area contributed by atoms with E-state index in [0.717, 1.165) is 22.5 Å². The van der Waals surface area contributed by atoms with Crippen molar-refractivity contribution in [2.45, 2.75) is 6.42 Å². The molecule has 2 aromatic carbocycles. The lowest BCUT2D eigenvalue weighted by molar-refractivity contribution is -0.121. The first-order valence-corrected chi connectivity index (χ1v) is 9.78. The van der Waals surface area contributed by atoms with E-state index in [4.69, 9.17) is 23.2 Å². The summed E-state index contributed by atoms with van der Waals surface area (Å²) in [4.78, 5) is 28.1. The van der Waals surface area contributed by atoms with E-state index < -0.39 is 0 Å². The predicted molar refractivity (Wildman–Crippen MR) is 124 cm³/mol. The zero-order valence-electron chi connectivity index (χ0n) is 16.9. The summed E-state index contributed by atoms with van der Waals surface area (Å²) in [6, 6.07) is 11.1. The fourth-order valence-corrected chi connectivity index (χ4v) is 2.99. The molecule has 0 heterocycles. The molecule has 0 aromatic heterocycles. The van der Waals surface area contributed by atoms with Gasteiger partial charge in [-0.3, -0.25) is 9.59 Å². The third-order valence-corrected chi connectivity index (χ3v) is 4.90. The van der Waals surface area contributed by atoms with Crippen LogP contribution in [0.25, 0.3) is 12.2 Å². The van der Waals surface area contributed by atoms with Crippen molar-refractivity contribution in [3.8, 4) is 0 Å². The maximum Gasteiger partial charge on any atom is 0.163 e. The van der Waals surface area contributed by atoms with E-state index in [1.807, 2.05) is 74.4 Å². The molecule has 0 spiro atoms. The number of hydrogen-bond donors (Lipinski definition) is 0. The van der Waals surface area contributed by atoms with Gasteiger partial charge in [0.25, 0.3) is 0 Å². The van der Waals surface area contributed by atoms with Crippen LogP contribution in [0.4, 0.5) is 11.4 Å². The average molecular weight is 431 g/mol. The minimum atomic E-state index is -0.290. The van der Waals surface area contributed by atoms with Crippen LogP contribution in [0, 0.1) is 0 Å². The number of ketones is 2. The lowest BCUT2D eigenvalue weighted by atomic mass is 10.1. The van der Waals surface area contributed by atoms with Crippen molar-refractivity contribution < 1.29 is 9.59 Å². The molecule has 0 aliphatic heterocycles. The van der Waals surface area contributed by atoms with Crippen LogP contribution in [0.2, 0.25) is 10.0 Å². The molecule has 2 rings (SSSR count). The number of carbonyl (C=O) groups excluding carboxylic acids is 2. The standard InChI is InChI=1S/C23H24Cl2N2O2/c1-26(2)18-9-5-16(22(24)13-18)7-11-20(28)15-21(29)12-8-17-6-10-19(27(3)4)14-23(17)25/h5-14H,15H2,1-4H3. The van der Waals surface area contributed by atoms with Crippen molar-refractivity contribution in [1.29, 1.82) is 0 Å². The summed E-state index contributed by atoms with van der Waals surface area (Å²) in [6.07, 6.45) is 5.78. The molecule has 0 aliphatic rings. The molecule has 152 valence electrons. The Morgan fingerprint density at radius 3 is 1.45 bits per heavy atom. The quantitative estimate of drug-likeness (QED) is 0.416. The van der Waals surface area contributed by atoms with Crippen LogP contribution < -0.4 is 9.80 Å². The normalized spacial score (nSPS) is 11.2. The predicted octanol–water partition coefficient (Wildman–Crippen LogP) is 5.38. The van der Waals surface area contributed by atoms with E-state index in [1.165, 1.54) is 12.2 Å². The molecule has 0 saturated heterocycles. The summed E-state index contributed by atoms with van der Waals surface area (Å²) in [6.45, 7) is 0. The Morgan fingerprint density at radius 1 is 0.759 bits per heavy atom. The van der Waals surface area contributed by atoms with Crippen LogP contribution in [0.3, 0.4) is 0 Å². The molecular formula is C23H24Cl2N2O2. The van der Waals surface area contributed by atoms with Crippen LogP contribution >= 0.6 is 23.2 Å². The van der Waals surface area contributed by atoms with Crippen LogP contribution in [-0.2, 0) is 9.59 Å². The van der Waals surface area contributed by atoms with E-state index in [0.29, 0.717) is 10.0 Å². The summed E-state index contributed by atoms with van der Waals surface area (Å²) in [5.41, 5.74) is 3.38. The minimum Gasteiger partial charge on any atom is -0.378 e. The molecule has 0 fully saturated rings. The van der Waals surface area contributed by atoms with E-state index in [1.54, 1.807) is 12.2 Å². The van der Waals surface area contributed by atoms with Gasteiger partial charge in [0.05, 0.1) is 6.42 Å². The Morgan fingerprint density at radius 2 is 1.14 bits per heavy atom. The van der Waals surface area contributed by atoms with Gasteiger partial charge in [-0.1, -0.05) is 35.3 Å². The van der Waals surface area contributed by atoms with Gasteiger partial charge in [-0.25, -0.2) is 0 Å². The Labute approximate surface area is 182 Å². The van der Waals surface area contributed by atoms with Crippen LogP contribution in [0.15, 0.2) is 48.6 Å². The number of allylic oxidation sites excluding steroid dienone is 2. The number of anilines is 2. The lowest BCUT2D eigenvalue weighted by Crippen LogP contribution is -2.08. The highest BCUT2D eigenvalue weighted by Gasteiger charge is 2.06. The van der Waals surface area contributed by atoms with Gasteiger partial charge in [-0.15, -0.1) is 0 Å². The second-order valence-electron chi connectivity index (χ2n) is 6.98. The van der Waals surface area contributed by atoms with Gasteiger partial charge in [0.1, 0.15) is 0 Å². The van der Waals surface area contributed by atoms with Gasteiger partial charge < -0.3 is 9.80 Å². The Bertz CT molecular complexity index is 886. The number of hydrogen-bond acceptors (Lipinski definition) is 4. The average Bonchev–Trinajstić information content (AvgIpc) is 2.65. The molecule has 6 heteroatoms. The second kappa shape index (κ2) is 10.3. The van der Waals surface area contributed by atoms with Gasteiger partial charge in [0.15, 0.2) is 11.6 Å². The Hall–Kier alpha value is -2.56. The van der Waals surface area contributed by atoms with Gasteiger partial charge in [-0.2, -0.15) is 0 Å². The molecule has 0 unspecified atom stereocenters. The van der Waals surface area contributed by atoms with Crippen molar-refractivity contribution >= 4 is 58.3 Å². The summed E-state index contributed by atoms with van der Waals surface area (Å²) >= 11 is 12.5. The number of nitrogens with zero attached hydrogens (tertiary/aromatic N) is 2. The second-order valence-corrected chi connectivity index (χ2v) is 7.79. The number of halogens is 2. The first kappa shape index (κ1) is 22.7. The monoisotopic (exact) mass is 430 g/mol. The third-order valence-electron chi connectivity index (χ3n) is 4.25. The van der Waals surface area contributed by atoms with E-state index in [-0.39, 0.29) is 18.0 Å². The first-order chi connectivity index (χ1) is 13.7. The maximum absolute atomic E-state index is 12.1. The summed E-state index contributed by atoms with van der Waals surface area (Å²) in [5, 5.41) is 1.09. The third kappa shape index (κ3) is 6.77. The van der Waals surface area contributed by atoms with Gasteiger partial charge in [0.2, 0.25) is 0 Å². The Balaban J connectivity index is 1.98. The summed E-state index contributed by atoms with van der Waals surface area (Å²) in [7, 11) is 7.70. The maximum atomic E-state index is 12.1. The van der Waals surface area contributed by atoms with Gasteiger partial charge in [-0.05, 0) is 59.7 Å². The first-order valence-electron chi connectivity index (χ1n) is 9.03. The number of benzene rings is 2. The smallest absolute Gasteiger partial charge is 0.163 e. The topological polar surface area (TPSA) is 40.6 Å². The van der Waals surface area contributed by atoms with E-state index in [2.05, 4.69) is 0 Å². The number of carbonyl (C=O) groups is 2. The fourth-order valence-electron chi connectivity index (χ4n) is 2.51. The van der Waals surface area contributed by atoms with Crippen molar-refractivity contribution in [3.05, 3.63) is 69.7 Å². The molecule has 0 aliphatic carbocycles. The van der Waals surface area contributed by atoms with E-state index in [9.17, 15) is 9.59 Å². The molecule has 2 aromatic rings. The van der Waals surface area contributed by atoms with Crippen LogP contribution in [0.1, 0.15) is 17.5 Å². The molecular weight excluding hydrogens is 407 g/mol. The SMILES string of the molecule is CN(C)c1ccc(C=CC(=O)CC(=O)C=Cc2ccc(N(C)C)cc2Cl)c(Cl)c1. The molecule has 0 saturated carbocycles. The highest BCUT2D eigenvalue weighted by Crippen LogP contribution is 2.24. The molecule has 0 N–H and O–H groups in total. The molecule has 0 amide bonds. The summed E-state index contributed by atoms with van der Waals surface area (Å²) < 4.78 is 0. The van der Waals surface area contributed by atoms with Crippen molar-refractivity contribution in [2.24, 2.45) is 0 Å². The zero-order valence-corrected chi connectivity index (χ0v) is 18.5. The van der Waals surface area contributed by atoms with Crippen molar-refractivity contribution in [3.63, 3.8) is 0 Å². The minimum absolute atomic E-state index is 0.214. The van der Waals surface area contributed by atoms with Crippen LogP contribution in [-0.4, -0.2) is 39.8 Å². The molecule has 0 bridgehead atoms. The molecule has 0 radical (unpaired) electrons. The lowest BCUT2D eigenvalue weighted by Gasteiger charge is -2.13. The number of rotatable bonds is 8. The van der Waals surface area contributed by atoms with Gasteiger partial charge >= 0.3 is 0 Å². The molecule has 29 heavy (non-hydrogen) atoms. The van der Waals surface area contributed by atoms with Crippen LogP contribution in [0.5, 0.6) is 0 Å². The molecule has 0 atom stereocenters. The van der Waals surface area contributed by atoms with Crippen molar-refractivity contribution in [1.82, 2.24) is 0 Å². The van der Waals surface area contributed by atoms with E-state index >= 15 is 0 Å². The highest BCUT2D eigenvalue weighted by atomic mass is 35.5. The Kier molecular flexibility index (Phi) is 8.06. The zero-order chi connectivity index (χ0) is 21.6. The molecule has 4 nitrogen and oxygen atoms in total. The summed E-state index contributed by atoms with van der Waals surface area (Å²) in [5.74, 6) is -0.581. The van der Waals surface area contributed by atoms with Crippen molar-refractivity contribution in [2.75, 3.05) is 38.0 Å².